The van der Waals surface area contributed by atoms with Gasteiger partial charge in [-0.15, -0.1) is 0 Å². The molecule has 0 amide bonds. The predicted octanol–water partition coefficient (Wildman–Crippen LogP) is 0.210. The standard InChI is InChI=1S/C7H7N3O/c8-7-4-5-3-6(11)1-2-10(5)9-7/h1-4,9H,8H2. The zero-order valence-electron chi connectivity index (χ0n) is 5.74. The van der Waals surface area contributed by atoms with Gasteiger partial charge in [0.15, 0.2) is 5.43 Å². The summed E-state index contributed by atoms with van der Waals surface area (Å²) in [7, 11) is 0. The summed E-state index contributed by atoms with van der Waals surface area (Å²) in [6.45, 7) is 0. The van der Waals surface area contributed by atoms with Gasteiger partial charge in [0.25, 0.3) is 0 Å². The van der Waals surface area contributed by atoms with Gasteiger partial charge in [0.1, 0.15) is 5.82 Å². The molecule has 0 fully saturated rings. The molecule has 0 saturated heterocycles. The molecule has 2 aromatic rings. The minimum absolute atomic E-state index is 0.0102. The maximum Gasteiger partial charge on any atom is 0.182 e. The van der Waals surface area contributed by atoms with Crippen LogP contribution in [0.25, 0.3) is 5.52 Å². The van der Waals surface area contributed by atoms with E-state index in [9.17, 15) is 4.79 Å². The van der Waals surface area contributed by atoms with E-state index in [0.29, 0.717) is 5.82 Å². The lowest BCUT2D eigenvalue weighted by atomic mass is 10.4. The zero-order valence-corrected chi connectivity index (χ0v) is 5.74. The maximum absolute atomic E-state index is 10.8. The van der Waals surface area contributed by atoms with Crippen LogP contribution in [0, 0.1) is 0 Å². The van der Waals surface area contributed by atoms with Crippen molar-refractivity contribution >= 4 is 11.3 Å². The first-order valence-electron chi connectivity index (χ1n) is 3.22. The predicted molar refractivity (Wildman–Crippen MR) is 42.4 cm³/mol. The Bertz CT molecular complexity index is 440. The van der Waals surface area contributed by atoms with Gasteiger partial charge in [-0.3, -0.25) is 14.4 Å². The lowest BCUT2D eigenvalue weighted by molar-refractivity contribution is 0.965. The third-order valence-electron chi connectivity index (χ3n) is 1.51. The Kier molecular flexibility index (Phi) is 1.03. The highest BCUT2D eigenvalue weighted by Crippen LogP contribution is 2.03. The quantitative estimate of drug-likeness (QED) is 0.562. The first kappa shape index (κ1) is 6.03. The van der Waals surface area contributed by atoms with Crippen molar-refractivity contribution in [2.75, 3.05) is 5.73 Å². The van der Waals surface area contributed by atoms with E-state index in [1.54, 1.807) is 16.8 Å². The fourth-order valence-corrected chi connectivity index (χ4v) is 1.04. The van der Waals surface area contributed by atoms with Crippen molar-refractivity contribution in [1.82, 2.24) is 9.61 Å². The average molecular weight is 149 g/mol. The summed E-state index contributed by atoms with van der Waals surface area (Å²) in [6, 6.07) is 4.71. The van der Waals surface area contributed by atoms with Crippen molar-refractivity contribution in [3.05, 3.63) is 34.6 Å². The van der Waals surface area contributed by atoms with Crippen LogP contribution in [0.2, 0.25) is 0 Å². The third-order valence-corrected chi connectivity index (χ3v) is 1.51. The molecule has 0 aliphatic carbocycles. The summed E-state index contributed by atoms with van der Waals surface area (Å²) in [5.74, 6) is 0.551. The number of pyridine rings is 1. The Balaban J connectivity index is 2.92. The van der Waals surface area contributed by atoms with Crippen LogP contribution in [0.5, 0.6) is 0 Å². The van der Waals surface area contributed by atoms with E-state index >= 15 is 0 Å². The second kappa shape index (κ2) is 1.88. The van der Waals surface area contributed by atoms with Crippen LogP contribution in [0.15, 0.2) is 29.2 Å². The van der Waals surface area contributed by atoms with Crippen LogP contribution in [0.1, 0.15) is 0 Å². The number of nitrogen functional groups attached to an aromatic ring is 1. The van der Waals surface area contributed by atoms with Crippen LogP contribution in [0.3, 0.4) is 0 Å². The summed E-state index contributed by atoms with van der Waals surface area (Å²) >= 11 is 0. The number of hydrogen-bond acceptors (Lipinski definition) is 2. The number of nitrogens with two attached hydrogens (primary N) is 1. The number of nitrogens with one attached hydrogen (secondary N) is 1. The summed E-state index contributed by atoms with van der Waals surface area (Å²) in [4.78, 5) is 10.8. The monoisotopic (exact) mass is 149 g/mol. The van der Waals surface area contributed by atoms with Gasteiger partial charge in [-0.2, -0.15) is 0 Å². The minimum atomic E-state index is -0.0102. The first-order valence-corrected chi connectivity index (χ1v) is 3.22. The van der Waals surface area contributed by atoms with Crippen LogP contribution in [-0.4, -0.2) is 9.61 Å². The fraction of sp³-hybridized carbons (Fsp3) is 0. The van der Waals surface area contributed by atoms with Crippen LogP contribution in [0.4, 0.5) is 5.82 Å². The molecule has 4 nitrogen and oxygen atoms in total. The smallest absolute Gasteiger partial charge is 0.182 e. The normalized spacial score (nSPS) is 10.5. The molecular formula is C7H7N3O. The Morgan fingerprint density at radius 1 is 1.45 bits per heavy atom. The SMILES string of the molecule is Nc1cc2cc(=O)ccn2[nH]1. The fourth-order valence-electron chi connectivity index (χ4n) is 1.04. The van der Waals surface area contributed by atoms with Crippen LogP contribution >= 0.6 is 0 Å². The summed E-state index contributed by atoms with van der Waals surface area (Å²) < 4.78 is 1.69. The maximum atomic E-state index is 10.8. The Hall–Kier alpha value is -1.71. The molecule has 0 aliphatic rings. The largest absolute Gasteiger partial charge is 0.384 e. The molecule has 4 heteroatoms. The van der Waals surface area contributed by atoms with E-state index in [4.69, 9.17) is 5.73 Å². The molecule has 0 radical (unpaired) electrons. The van der Waals surface area contributed by atoms with E-state index in [-0.39, 0.29) is 5.43 Å². The molecule has 2 aromatic heterocycles. The second-order valence-electron chi connectivity index (χ2n) is 2.37. The lowest BCUT2D eigenvalue weighted by Gasteiger charge is -1.88. The average Bonchev–Trinajstić information content (AvgIpc) is 2.27. The van der Waals surface area contributed by atoms with E-state index < -0.39 is 0 Å². The van der Waals surface area contributed by atoms with Crippen molar-refractivity contribution in [1.29, 1.82) is 0 Å². The Morgan fingerprint density at radius 2 is 2.27 bits per heavy atom. The number of nitrogens with zero attached hydrogens (tertiary/aromatic N) is 1. The molecule has 0 aliphatic heterocycles. The highest BCUT2D eigenvalue weighted by molar-refractivity contribution is 5.53. The van der Waals surface area contributed by atoms with Gasteiger partial charge in [0, 0.05) is 24.4 Å². The van der Waals surface area contributed by atoms with E-state index in [0.717, 1.165) is 5.52 Å². The minimum Gasteiger partial charge on any atom is -0.384 e. The van der Waals surface area contributed by atoms with Gasteiger partial charge in [0.2, 0.25) is 0 Å². The zero-order chi connectivity index (χ0) is 7.84. The van der Waals surface area contributed by atoms with Gasteiger partial charge in [-0.05, 0) is 0 Å². The molecule has 0 aromatic carbocycles. The topological polar surface area (TPSA) is 63.3 Å². The molecule has 0 bridgehead atoms. The van der Waals surface area contributed by atoms with Crippen molar-refractivity contribution < 1.29 is 0 Å². The number of anilines is 1. The van der Waals surface area contributed by atoms with Crippen molar-refractivity contribution in [2.24, 2.45) is 0 Å². The van der Waals surface area contributed by atoms with Crippen molar-refractivity contribution in [3.8, 4) is 0 Å². The molecule has 0 unspecified atom stereocenters. The molecule has 2 heterocycles. The molecule has 0 spiro atoms. The molecule has 0 atom stereocenters. The molecule has 56 valence electrons. The lowest BCUT2D eigenvalue weighted by Crippen LogP contribution is -1.98. The molecule has 3 N–H and O–H groups in total. The van der Waals surface area contributed by atoms with Crippen molar-refractivity contribution in [3.63, 3.8) is 0 Å². The summed E-state index contributed by atoms with van der Waals surface area (Å²) in [5, 5.41) is 2.84. The first-order chi connectivity index (χ1) is 5.25. The van der Waals surface area contributed by atoms with Gasteiger partial charge in [0.05, 0.1) is 5.52 Å². The Labute approximate surface area is 62.2 Å². The highest BCUT2D eigenvalue weighted by atomic mass is 16.1. The number of fused-ring (bicyclic) bond motifs is 1. The number of rotatable bonds is 0. The highest BCUT2D eigenvalue weighted by Gasteiger charge is 1.94. The Morgan fingerprint density at radius 3 is 3.09 bits per heavy atom. The van der Waals surface area contributed by atoms with E-state index in [1.807, 2.05) is 0 Å². The third kappa shape index (κ3) is 0.881. The van der Waals surface area contributed by atoms with E-state index in [1.165, 1.54) is 12.1 Å². The number of aromatic nitrogens is 2. The molecule has 11 heavy (non-hydrogen) atoms. The molecular weight excluding hydrogens is 142 g/mol. The van der Waals surface area contributed by atoms with Crippen LogP contribution < -0.4 is 11.2 Å². The number of aromatic amines is 1. The van der Waals surface area contributed by atoms with Crippen molar-refractivity contribution in [2.45, 2.75) is 0 Å². The van der Waals surface area contributed by atoms with Gasteiger partial charge in [-0.25, -0.2) is 0 Å². The van der Waals surface area contributed by atoms with Gasteiger partial charge >= 0.3 is 0 Å². The number of hydrogen-bond donors (Lipinski definition) is 2. The second-order valence-corrected chi connectivity index (χ2v) is 2.37. The summed E-state index contributed by atoms with van der Waals surface area (Å²) in [6.07, 6.45) is 1.65. The molecule has 0 saturated carbocycles. The van der Waals surface area contributed by atoms with E-state index in [2.05, 4.69) is 5.10 Å². The summed E-state index contributed by atoms with van der Waals surface area (Å²) in [5.41, 5.74) is 6.24. The molecule has 2 rings (SSSR count). The number of H-pyrrole nitrogens is 1. The van der Waals surface area contributed by atoms with Crippen LogP contribution in [-0.2, 0) is 0 Å². The van der Waals surface area contributed by atoms with Gasteiger partial charge < -0.3 is 5.73 Å². The van der Waals surface area contributed by atoms with Gasteiger partial charge in [-0.1, -0.05) is 0 Å².